The van der Waals surface area contributed by atoms with Gasteiger partial charge in [0.1, 0.15) is 5.56 Å². The van der Waals surface area contributed by atoms with Crippen molar-refractivity contribution in [1.29, 1.82) is 0 Å². The fourth-order valence-corrected chi connectivity index (χ4v) is 1.90. The Labute approximate surface area is 122 Å². The van der Waals surface area contributed by atoms with Gasteiger partial charge in [-0.05, 0) is 11.6 Å². The lowest BCUT2D eigenvalue weighted by Gasteiger charge is -2.13. The molecular weight excluding hydrogens is 333 g/mol. The molecule has 0 aliphatic carbocycles. The van der Waals surface area contributed by atoms with Gasteiger partial charge in [-0.1, -0.05) is 12.1 Å². The molecule has 1 aromatic rings. The minimum absolute atomic E-state index is 0.255. The van der Waals surface area contributed by atoms with Crippen LogP contribution < -0.4 is 4.18 Å². The predicted octanol–water partition coefficient (Wildman–Crippen LogP) is 1.33. The third-order valence-corrected chi connectivity index (χ3v) is 3.34. The van der Waals surface area contributed by atoms with E-state index < -0.39 is 45.3 Å². The molecule has 0 amide bonds. The number of hydrogen-bond acceptors (Lipinski definition) is 6. The average molecular weight is 342 g/mol. The number of hydrogen-bond donors (Lipinski definition) is 1. The molecule has 1 N–H and O–H groups in total. The second-order valence-electron chi connectivity index (χ2n) is 3.83. The summed E-state index contributed by atoms with van der Waals surface area (Å²) < 4.78 is 66.9. The molecule has 0 aliphatic heterocycles. The first-order valence-electron chi connectivity index (χ1n) is 5.42. The van der Waals surface area contributed by atoms with Gasteiger partial charge in [0, 0.05) is 0 Å². The molecule has 0 saturated carbocycles. The van der Waals surface area contributed by atoms with Crippen LogP contribution in [-0.2, 0) is 26.1 Å². The van der Waals surface area contributed by atoms with Gasteiger partial charge in [-0.3, -0.25) is 4.79 Å². The maximum Gasteiger partial charge on any atom is 0.534 e. The number of carboxylic acids is 1. The van der Waals surface area contributed by atoms with E-state index in [-0.39, 0.29) is 5.56 Å². The molecule has 0 aromatic heterocycles. The zero-order valence-electron chi connectivity index (χ0n) is 10.9. The van der Waals surface area contributed by atoms with Crippen molar-refractivity contribution in [2.45, 2.75) is 11.9 Å². The highest BCUT2D eigenvalue weighted by atomic mass is 32.2. The van der Waals surface area contributed by atoms with E-state index in [0.717, 1.165) is 25.3 Å². The number of carboxylic acid groups (broad SMARTS) is 1. The van der Waals surface area contributed by atoms with Crippen molar-refractivity contribution in [3.05, 3.63) is 29.3 Å². The summed E-state index contributed by atoms with van der Waals surface area (Å²) >= 11 is 0. The van der Waals surface area contributed by atoms with Gasteiger partial charge >= 0.3 is 27.6 Å². The summed E-state index contributed by atoms with van der Waals surface area (Å²) in [7, 11) is -5.01. The number of esters is 1. The van der Waals surface area contributed by atoms with E-state index in [1.54, 1.807) is 0 Å². The van der Waals surface area contributed by atoms with Crippen molar-refractivity contribution in [2.24, 2.45) is 0 Å². The van der Waals surface area contributed by atoms with Crippen molar-refractivity contribution in [2.75, 3.05) is 7.11 Å². The number of carbonyl (C=O) groups is 2. The van der Waals surface area contributed by atoms with Crippen LogP contribution in [-0.4, -0.2) is 38.1 Å². The van der Waals surface area contributed by atoms with E-state index in [2.05, 4.69) is 8.92 Å². The number of methoxy groups -OCH3 is 1. The first-order chi connectivity index (χ1) is 9.99. The van der Waals surface area contributed by atoms with Crippen molar-refractivity contribution >= 4 is 22.1 Å². The van der Waals surface area contributed by atoms with Gasteiger partial charge in [0.2, 0.25) is 0 Å². The number of ether oxygens (including phenoxy) is 1. The Hall–Kier alpha value is -2.30. The SMILES string of the molecule is COC(=O)Cc1cccc(OS(=O)(=O)C(F)(F)F)c1C(=O)O. The summed E-state index contributed by atoms with van der Waals surface area (Å²) in [6.45, 7) is 0. The third-order valence-electron chi connectivity index (χ3n) is 2.37. The number of aromatic carboxylic acids is 1. The van der Waals surface area contributed by atoms with E-state index in [9.17, 15) is 31.2 Å². The lowest BCUT2D eigenvalue weighted by molar-refractivity contribution is -0.139. The number of halogens is 3. The van der Waals surface area contributed by atoms with Crippen LogP contribution >= 0.6 is 0 Å². The molecule has 0 bridgehead atoms. The highest BCUT2D eigenvalue weighted by molar-refractivity contribution is 7.88. The smallest absolute Gasteiger partial charge is 0.478 e. The summed E-state index contributed by atoms with van der Waals surface area (Å²) in [5.74, 6) is -3.67. The molecule has 0 radical (unpaired) electrons. The molecule has 0 spiro atoms. The fraction of sp³-hybridized carbons (Fsp3) is 0.273. The summed E-state index contributed by atoms with van der Waals surface area (Å²) in [6.07, 6.45) is -0.582. The van der Waals surface area contributed by atoms with Gasteiger partial charge in [0.25, 0.3) is 0 Å². The molecule has 7 nitrogen and oxygen atoms in total. The maximum atomic E-state index is 12.3. The molecule has 1 aromatic carbocycles. The van der Waals surface area contributed by atoms with Crippen LogP contribution in [0.15, 0.2) is 18.2 Å². The van der Waals surface area contributed by atoms with Crippen molar-refractivity contribution in [3.63, 3.8) is 0 Å². The van der Waals surface area contributed by atoms with E-state index >= 15 is 0 Å². The van der Waals surface area contributed by atoms with E-state index in [1.165, 1.54) is 0 Å². The minimum atomic E-state index is -6.04. The van der Waals surface area contributed by atoms with Gasteiger partial charge < -0.3 is 14.0 Å². The first kappa shape index (κ1) is 17.8. The number of alkyl halides is 3. The first-order valence-corrected chi connectivity index (χ1v) is 6.83. The van der Waals surface area contributed by atoms with Gasteiger partial charge in [-0.25, -0.2) is 4.79 Å². The molecule has 22 heavy (non-hydrogen) atoms. The lowest BCUT2D eigenvalue weighted by atomic mass is 10.0. The molecule has 11 heteroatoms. The number of carbonyl (C=O) groups excluding carboxylic acids is 1. The quantitative estimate of drug-likeness (QED) is 0.489. The van der Waals surface area contributed by atoms with E-state index in [1.807, 2.05) is 0 Å². The molecule has 0 unspecified atom stereocenters. The molecule has 122 valence electrons. The Balaban J connectivity index is 3.35. The second-order valence-corrected chi connectivity index (χ2v) is 5.37. The van der Waals surface area contributed by atoms with Crippen LogP contribution in [0.1, 0.15) is 15.9 Å². The van der Waals surface area contributed by atoms with Crippen LogP contribution in [0.4, 0.5) is 13.2 Å². The highest BCUT2D eigenvalue weighted by Crippen LogP contribution is 2.30. The zero-order valence-corrected chi connectivity index (χ0v) is 11.7. The van der Waals surface area contributed by atoms with Crippen LogP contribution in [0.5, 0.6) is 5.75 Å². The molecule has 0 heterocycles. The highest BCUT2D eigenvalue weighted by Gasteiger charge is 2.49. The van der Waals surface area contributed by atoms with Gasteiger partial charge in [0.05, 0.1) is 13.5 Å². The van der Waals surface area contributed by atoms with E-state index in [4.69, 9.17) is 5.11 Å². The third kappa shape index (κ3) is 3.87. The summed E-state index contributed by atoms with van der Waals surface area (Å²) in [5.41, 5.74) is -6.85. The molecule has 0 atom stereocenters. The Kier molecular flexibility index (Phi) is 5.02. The van der Waals surface area contributed by atoms with Gasteiger partial charge in [0.15, 0.2) is 5.75 Å². The Morgan fingerprint density at radius 2 is 1.86 bits per heavy atom. The normalized spacial score (nSPS) is 11.8. The Morgan fingerprint density at radius 1 is 1.27 bits per heavy atom. The van der Waals surface area contributed by atoms with E-state index in [0.29, 0.717) is 0 Å². The maximum absolute atomic E-state index is 12.3. The minimum Gasteiger partial charge on any atom is -0.478 e. The zero-order chi connectivity index (χ0) is 17.1. The topological polar surface area (TPSA) is 107 Å². The largest absolute Gasteiger partial charge is 0.534 e. The Bertz CT molecular complexity index is 694. The molecule has 0 fully saturated rings. The van der Waals surface area contributed by atoms with Crippen molar-refractivity contribution < 1.29 is 45.2 Å². The molecular formula is C11H9F3O7S. The summed E-state index contributed by atoms with van der Waals surface area (Å²) in [6, 6.07) is 2.90. The van der Waals surface area contributed by atoms with Gasteiger partial charge in [-0.15, -0.1) is 0 Å². The van der Waals surface area contributed by atoms with Crippen LogP contribution in [0.2, 0.25) is 0 Å². The average Bonchev–Trinajstić information content (AvgIpc) is 2.36. The fourth-order valence-electron chi connectivity index (χ4n) is 1.43. The molecule has 0 saturated heterocycles. The number of benzene rings is 1. The summed E-state index contributed by atoms with van der Waals surface area (Å²) in [4.78, 5) is 22.3. The molecule has 0 aliphatic rings. The lowest BCUT2D eigenvalue weighted by Crippen LogP contribution is -2.28. The van der Waals surface area contributed by atoms with Crippen molar-refractivity contribution in [3.8, 4) is 5.75 Å². The number of rotatable bonds is 5. The predicted molar refractivity (Wildman–Crippen MR) is 64.7 cm³/mol. The summed E-state index contributed by atoms with van der Waals surface area (Å²) in [5, 5.41) is 9.02. The second kappa shape index (κ2) is 6.22. The van der Waals surface area contributed by atoms with Crippen LogP contribution in [0.3, 0.4) is 0 Å². The monoisotopic (exact) mass is 342 g/mol. The molecule has 1 rings (SSSR count). The van der Waals surface area contributed by atoms with Crippen LogP contribution in [0.25, 0.3) is 0 Å². The van der Waals surface area contributed by atoms with Crippen molar-refractivity contribution in [1.82, 2.24) is 0 Å². The van der Waals surface area contributed by atoms with Crippen LogP contribution in [0, 0.1) is 0 Å². The van der Waals surface area contributed by atoms with Gasteiger partial charge in [-0.2, -0.15) is 21.6 Å². The Morgan fingerprint density at radius 3 is 2.32 bits per heavy atom. The standard InChI is InChI=1S/C11H9F3O7S/c1-20-8(15)5-6-3-2-4-7(9(6)10(16)17)21-22(18,19)11(12,13)14/h2-4H,5H2,1H3,(H,16,17).